The van der Waals surface area contributed by atoms with Crippen molar-refractivity contribution in [1.82, 2.24) is 14.6 Å². The zero-order valence-corrected chi connectivity index (χ0v) is 16.3. The fraction of sp³-hybridized carbons (Fsp3) is 0.136. The summed E-state index contributed by atoms with van der Waals surface area (Å²) in [5.74, 6) is -0.460. The van der Waals surface area contributed by atoms with Gasteiger partial charge in [-0.15, -0.1) is 0 Å². The van der Waals surface area contributed by atoms with E-state index < -0.39 is 5.97 Å². The lowest BCUT2D eigenvalue weighted by Crippen LogP contribution is -2.10. The standard InChI is InChI=1S/C22H18ClN3O2/c1-3-28-22(27)18-13-19(15-9-11-17(23)12-10-15)26-21(24-18)20(14(2)25-26)16-7-5-4-6-8-16/h4-13H,3H2,1-2H3. The Bertz CT molecular complexity index is 1150. The van der Waals surface area contributed by atoms with Gasteiger partial charge in [0.15, 0.2) is 11.3 Å². The Kier molecular flexibility index (Phi) is 4.84. The van der Waals surface area contributed by atoms with Gasteiger partial charge in [0, 0.05) is 16.1 Å². The topological polar surface area (TPSA) is 56.5 Å². The van der Waals surface area contributed by atoms with Gasteiger partial charge < -0.3 is 4.74 Å². The minimum absolute atomic E-state index is 0.247. The first-order valence-electron chi connectivity index (χ1n) is 8.97. The second-order valence-corrected chi connectivity index (χ2v) is 6.75. The van der Waals surface area contributed by atoms with E-state index in [0.717, 1.165) is 28.1 Å². The van der Waals surface area contributed by atoms with E-state index in [2.05, 4.69) is 4.98 Å². The first-order valence-corrected chi connectivity index (χ1v) is 9.35. The van der Waals surface area contributed by atoms with Crippen LogP contribution in [0.2, 0.25) is 5.02 Å². The molecular formula is C22H18ClN3O2. The number of rotatable bonds is 4. The van der Waals surface area contributed by atoms with Gasteiger partial charge in [0.25, 0.3) is 0 Å². The molecule has 6 heteroatoms. The summed E-state index contributed by atoms with van der Waals surface area (Å²) >= 11 is 6.04. The molecule has 0 aliphatic heterocycles. The Morgan fingerprint density at radius 2 is 1.79 bits per heavy atom. The van der Waals surface area contributed by atoms with Gasteiger partial charge in [-0.25, -0.2) is 14.3 Å². The molecule has 0 unspecified atom stereocenters. The van der Waals surface area contributed by atoms with E-state index in [-0.39, 0.29) is 12.3 Å². The van der Waals surface area contributed by atoms with Crippen molar-refractivity contribution in [2.24, 2.45) is 0 Å². The van der Waals surface area contributed by atoms with Crippen molar-refractivity contribution in [3.8, 4) is 22.4 Å². The van der Waals surface area contributed by atoms with Crippen LogP contribution in [-0.2, 0) is 4.74 Å². The van der Waals surface area contributed by atoms with Crippen LogP contribution in [-0.4, -0.2) is 27.2 Å². The van der Waals surface area contributed by atoms with Crippen LogP contribution in [0.1, 0.15) is 23.1 Å². The minimum atomic E-state index is -0.460. The molecule has 0 spiro atoms. The van der Waals surface area contributed by atoms with Crippen LogP contribution < -0.4 is 0 Å². The van der Waals surface area contributed by atoms with E-state index in [4.69, 9.17) is 21.4 Å². The summed E-state index contributed by atoms with van der Waals surface area (Å²) in [6.07, 6.45) is 0. The van der Waals surface area contributed by atoms with E-state index in [9.17, 15) is 4.79 Å². The van der Waals surface area contributed by atoms with Crippen LogP contribution in [0.3, 0.4) is 0 Å². The lowest BCUT2D eigenvalue weighted by molar-refractivity contribution is 0.0519. The molecule has 0 saturated carbocycles. The number of aryl methyl sites for hydroxylation is 1. The molecule has 0 N–H and O–H groups in total. The van der Waals surface area contributed by atoms with E-state index >= 15 is 0 Å². The number of hydrogen-bond donors (Lipinski definition) is 0. The predicted octanol–water partition coefficient (Wildman–Crippen LogP) is 5.20. The van der Waals surface area contributed by atoms with Gasteiger partial charge in [-0.1, -0.05) is 54.1 Å². The van der Waals surface area contributed by atoms with Crippen molar-refractivity contribution in [1.29, 1.82) is 0 Å². The van der Waals surface area contributed by atoms with Crippen LogP contribution in [0.25, 0.3) is 28.0 Å². The number of halogens is 1. The van der Waals surface area contributed by atoms with Gasteiger partial charge in [0.05, 0.1) is 18.0 Å². The van der Waals surface area contributed by atoms with Crippen LogP contribution in [0.4, 0.5) is 0 Å². The molecule has 2 heterocycles. The highest BCUT2D eigenvalue weighted by molar-refractivity contribution is 6.30. The average molecular weight is 392 g/mol. The van der Waals surface area contributed by atoms with Gasteiger partial charge >= 0.3 is 5.97 Å². The Hall–Kier alpha value is -3.18. The summed E-state index contributed by atoms with van der Waals surface area (Å²) in [5, 5.41) is 5.34. The molecule has 0 radical (unpaired) electrons. The maximum atomic E-state index is 12.4. The van der Waals surface area contributed by atoms with Crippen molar-refractivity contribution < 1.29 is 9.53 Å². The van der Waals surface area contributed by atoms with E-state index in [0.29, 0.717) is 10.7 Å². The smallest absolute Gasteiger partial charge is 0.357 e. The van der Waals surface area contributed by atoms with Crippen molar-refractivity contribution in [3.05, 3.63) is 77.1 Å². The number of esters is 1. The van der Waals surface area contributed by atoms with Crippen molar-refractivity contribution in [2.45, 2.75) is 13.8 Å². The molecule has 0 aliphatic carbocycles. The Morgan fingerprint density at radius 1 is 1.07 bits per heavy atom. The van der Waals surface area contributed by atoms with E-state index in [1.54, 1.807) is 17.5 Å². The maximum Gasteiger partial charge on any atom is 0.357 e. The summed E-state index contributed by atoms with van der Waals surface area (Å²) in [5.41, 5.74) is 5.19. The monoisotopic (exact) mass is 391 g/mol. The number of hydrogen-bond acceptors (Lipinski definition) is 4. The molecule has 140 valence electrons. The molecule has 0 fully saturated rings. The number of aromatic nitrogens is 3. The SMILES string of the molecule is CCOC(=O)c1cc(-c2ccc(Cl)cc2)n2nc(C)c(-c3ccccc3)c2n1. The van der Waals surface area contributed by atoms with Crippen LogP contribution >= 0.6 is 11.6 Å². The zero-order chi connectivity index (χ0) is 19.7. The summed E-state index contributed by atoms with van der Waals surface area (Å²) in [7, 11) is 0. The van der Waals surface area contributed by atoms with Gasteiger partial charge in [-0.2, -0.15) is 5.10 Å². The largest absolute Gasteiger partial charge is 0.461 e. The lowest BCUT2D eigenvalue weighted by atomic mass is 10.1. The molecule has 5 nitrogen and oxygen atoms in total. The molecular weight excluding hydrogens is 374 g/mol. The third-order valence-electron chi connectivity index (χ3n) is 4.45. The second kappa shape index (κ2) is 7.44. The number of nitrogens with zero attached hydrogens (tertiary/aromatic N) is 3. The normalized spacial score (nSPS) is 11.0. The van der Waals surface area contributed by atoms with Crippen LogP contribution in [0.15, 0.2) is 60.7 Å². The Balaban J connectivity index is 2.02. The highest BCUT2D eigenvalue weighted by atomic mass is 35.5. The number of benzene rings is 2. The number of carbonyl (C=O) groups is 1. The fourth-order valence-corrected chi connectivity index (χ4v) is 3.33. The predicted molar refractivity (Wildman–Crippen MR) is 110 cm³/mol. The lowest BCUT2D eigenvalue weighted by Gasteiger charge is -2.09. The number of carbonyl (C=O) groups excluding carboxylic acids is 1. The number of fused-ring (bicyclic) bond motifs is 1. The Labute approximate surface area is 167 Å². The molecule has 4 aromatic rings. The molecule has 0 aliphatic rings. The molecule has 0 bridgehead atoms. The number of ether oxygens (including phenoxy) is 1. The van der Waals surface area contributed by atoms with Crippen molar-refractivity contribution >= 4 is 23.2 Å². The van der Waals surface area contributed by atoms with Crippen LogP contribution in [0.5, 0.6) is 0 Å². The first kappa shape index (κ1) is 18.2. The van der Waals surface area contributed by atoms with Crippen molar-refractivity contribution in [3.63, 3.8) is 0 Å². The molecule has 2 aromatic carbocycles. The summed E-state index contributed by atoms with van der Waals surface area (Å²) in [4.78, 5) is 17.0. The van der Waals surface area contributed by atoms with E-state index in [1.165, 1.54) is 0 Å². The zero-order valence-electron chi connectivity index (χ0n) is 15.5. The second-order valence-electron chi connectivity index (χ2n) is 6.32. The van der Waals surface area contributed by atoms with Crippen LogP contribution in [0, 0.1) is 6.92 Å². The summed E-state index contributed by atoms with van der Waals surface area (Å²) < 4.78 is 6.95. The minimum Gasteiger partial charge on any atom is -0.461 e. The third kappa shape index (κ3) is 3.25. The van der Waals surface area contributed by atoms with Gasteiger partial charge in [0.1, 0.15) is 0 Å². The fourth-order valence-electron chi connectivity index (χ4n) is 3.20. The Morgan fingerprint density at radius 3 is 2.46 bits per heavy atom. The van der Waals surface area contributed by atoms with Gasteiger partial charge in [-0.3, -0.25) is 0 Å². The molecule has 0 amide bonds. The molecule has 4 rings (SSSR count). The highest BCUT2D eigenvalue weighted by Gasteiger charge is 2.20. The van der Waals surface area contributed by atoms with Gasteiger partial charge in [-0.05, 0) is 37.6 Å². The molecule has 0 saturated heterocycles. The van der Waals surface area contributed by atoms with E-state index in [1.807, 2.05) is 61.5 Å². The summed E-state index contributed by atoms with van der Waals surface area (Å²) in [6.45, 7) is 3.99. The molecule has 2 aromatic heterocycles. The highest BCUT2D eigenvalue weighted by Crippen LogP contribution is 2.31. The maximum absolute atomic E-state index is 12.4. The third-order valence-corrected chi connectivity index (χ3v) is 4.70. The first-order chi connectivity index (χ1) is 13.6. The molecule has 0 atom stereocenters. The summed E-state index contributed by atoms with van der Waals surface area (Å²) in [6, 6.07) is 19.0. The van der Waals surface area contributed by atoms with Gasteiger partial charge in [0.2, 0.25) is 0 Å². The average Bonchev–Trinajstić information content (AvgIpc) is 3.04. The molecule has 28 heavy (non-hydrogen) atoms. The van der Waals surface area contributed by atoms with Crippen molar-refractivity contribution in [2.75, 3.05) is 6.61 Å². The quantitative estimate of drug-likeness (QED) is 0.448.